The van der Waals surface area contributed by atoms with E-state index in [1.807, 2.05) is 0 Å². The number of para-hydroxylation sites is 1. The standard InChI is InChI=1S/C19H23N/c1-13-9-10-15(19(2,3)4)12-16(13)18-11-14-7-5-6-8-17(14)20-18/h5-10,12,18,20H,11H2,1-4H3. The number of rotatable bonds is 1. The van der Waals surface area contributed by atoms with E-state index in [-0.39, 0.29) is 5.41 Å². The summed E-state index contributed by atoms with van der Waals surface area (Å²) in [5.74, 6) is 0. The van der Waals surface area contributed by atoms with Crippen molar-refractivity contribution in [2.24, 2.45) is 0 Å². The highest BCUT2D eigenvalue weighted by Gasteiger charge is 2.24. The smallest absolute Gasteiger partial charge is 0.0557 e. The largest absolute Gasteiger partial charge is 0.378 e. The zero-order valence-electron chi connectivity index (χ0n) is 12.8. The van der Waals surface area contributed by atoms with Gasteiger partial charge in [0.15, 0.2) is 0 Å². The van der Waals surface area contributed by atoms with Gasteiger partial charge in [-0.1, -0.05) is 57.2 Å². The summed E-state index contributed by atoms with van der Waals surface area (Å²) in [5.41, 5.74) is 7.15. The van der Waals surface area contributed by atoms with Crippen molar-refractivity contribution in [1.29, 1.82) is 0 Å². The summed E-state index contributed by atoms with van der Waals surface area (Å²) in [6.07, 6.45) is 1.09. The van der Waals surface area contributed by atoms with E-state index in [0.717, 1.165) is 6.42 Å². The third-order valence-corrected chi connectivity index (χ3v) is 4.29. The lowest BCUT2D eigenvalue weighted by molar-refractivity contribution is 0.588. The normalized spacial score (nSPS) is 17.7. The Balaban J connectivity index is 1.96. The molecule has 0 amide bonds. The van der Waals surface area contributed by atoms with Gasteiger partial charge in [0.05, 0.1) is 6.04 Å². The predicted molar refractivity (Wildman–Crippen MR) is 86.4 cm³/mol. The molecular formula is C19H23N. The van der Waals surface area contributed by atoms with Gasteiger partial charge in [-0.15, -0.1) is 0 Å². The van der Waals surface area contributed by atoms with Crippen molar-refractivity contribution in [3.63, 3.8) is 0 Å². The molecule has 1 atom stereocenters. The van der Waals surface area contributed by atoms with Crippen LogP contribution in [0.4, 0.5) is 5.69 Å². The van der Waals surface area contributed by atoms with Crippen molar-refractivity contribution >= 4 is 5.69 Å². The summed E-state index contributed by atoms with van der Waals surface area (Å²) >= 11 is 0. The van der Waals surface area contributed by atoms with E-state index in [4.69, 9.17) is 0 Å². The number of benzene rings is 2. The maximum absolute atomic E-state index is 3.67. The van der Waals surface area contributed by atoms with Crippen LogP contribution in [-0.4, -0.2) is 0 Å². The number of nitrogens with one attached hydrogen (secondary N) is 1. The molecule has 0 saturated heterocycles. The van der Waals surface area contributed by atoms with Crippen molar-refractivity contribution in [2.45, 2.75) is 45.6 Å². The molecule has 0 radical (unpaired) electrons. The van der Waals surface area contributed by atoms with Crippen LogP contribution in [0, 0.1) is 6.92 Å². The van der Waals surface area contributed by atoms with Gasteiger partial charge >= 0.3 is 0 Å². The van der Waals surface area contributed by atoms with Crippen LogP contribution in [0.1, 0.15) is 49.1 Å². The molecular weight excluding hydrogens is 242 g/mol. The number of aryl methyl sites for hydroxylation is 1. The monoisotopic (exact) mass is 265 g/mol. The Morgan fingerprint density at radius 3 is 2.50 bits per heavy atom. The molecule has 104 valence electrons. The molecule has 1 heterocycles. The summed E-state index contributed by atoms with van der Waals surface area (Å²) in [6, 6.07) is 16.0. The maximum Gasteiger partial charge on any atom is 0.0557 e. The lowest BCUT2D eigenvalue weighted by Crippen LogP contribution is -2.14. The van der Waals surface area contributed by atoms with Crippen LogP contribution >= 0.6 is 0 Å². The summed E-state index contributed by atoms with van der Waals surface area (Å²) in [4.78, 5) is 0. The van der Waals surface area contributed by atoms with E-state index in [0.29, 0.717) is 6.04 Å². The third-order valence-electron chi connectivity index (χ3n) is 4.29. The van der Waals surface area contributed by atoms with E-state index < -0.39 is 0 Å². The van der Waals surface area contributed by atoms with E-state index in [1.54, 1.807) is 0 Å². The molecule has 1 heteroatoms. The van der Waals surface area contributed by atoms with Crippen molar-refractivity contribution in [3.05, 3.63) is 64.7 Å². The Morgan fingerprint density at radius 2 is 1.80 bits per heavy atom. The first-order valence-electron chi connectivity index (χ1n) is 7.40. The number of hydrogen-bond acceptors (Lipinski definition) is 1. The molecule has 0 fully saturated rings. The number of anilines is 1. The van der Waals surface area contributed by atoms with Gasteiger partial charge in [0.2, 0.25) is 0 Å². The molecule has 1 nitrogen and oxygen atoms in total. The van der Waals surface area contributed by atoms with Gasteiger partial charge in [0.25, 0.3) is 0 Å². The molecule has 20 heavy (non-hydrogen) atoms. The molecule has 0 bridgehead atoms. The minimum atomic E-state index is 0.202. The lowest BCUT2D eigenvalue weighted by Gasteiger charge is -2.23. The summed E-state index contributed by atoms with van der Waals surface area (Å²) < 4.78 is 0. The van der Waals surface area contributed by atoms with Crippen LogP contribution in [0.25, 0.3) is 0 Å². The van der Waals surface area contributed by atoms with Crippen LogP contribution in [0.15, 0.2) is 42.5 Å². The fraction of sp³-hybridized carbons (Fsp3) is 0.368. The maximum atomic E-state index is 3.67. The first-order valence-corrected chi connectivity index (χ1v) is 7.40. The van der Waals surface area contributed by atoms with Crippen molar-refractivity contribution in [3.8, 4) is 0 Å². The molecule has 0 spiro atoms. The third kappa shape index (κ3) is 2.33. The molecule has 2 aromatic carbocycles. The average Bonchev–Trinajstić information content (AvgIpc) is 2.81. The molecule has 1 N–H and O–H groups in total. The van der Waals surface area contributed by atoms with Gasteiger partial charge in [-0.25, -0.2) is 0 Å². The van der Waals surface area contributed by atoms with Gasteiger partial charge < -0.3 is 5.32 Å². The van der Waals surface area contributed by atoms with Crippen molar-refractivity contribution in [2.75, 3.05) is 5.32 Å². The summed E-state index contributed by atoms with van der Waals surface area (Å²) in [7, 11) is 0. The molecule has 0 aromatic heterocycles. The van der Waals surface area contributed by atoms with Gasteiger partial charge in [0.1, 0.15) is 0 Å². The van der Waals surface area contributed by atoms with Crippen LogP contribution in [0.2, 0.25) is 0 Å². The van der Waals surface area contributed by atoms with E-state index in [2.05, 4.69) is 75.5 Å². The number of fused-ring (bicyclic) bond motifs is 1. The van der Waals surface area contributed by atoms with Gasteiger partial charge in [0, 0.05) is 5.69 Å². The average molecular weight is 265 g/mol. The quantitative estimate of drug-likeness (QED) is 0.765. The molecule has 0 aliphatic carbocycles. The molecule has 1 aliphatic rings. The van der Waals surface area contributed by atoms with Crippen LogP contribution < -0.4 is 5.32 Å². The van der Waals surface area contributed by atoms with E-state index in [1.165, 1.54) is 27.9 Å². The fourth-order valence-corrected chi connectivity index (χ4v) is 2.97. The Morgan fingerprint density at radius 1 is 1.05 bits per heavy atom. The first-order chi connectivity index (χ1) is 9.45. The Hall–Kier alpha value is -1.76. The fourth-order valence-electron chi connectivity index (χ4n) is 2.97. The van der Waals surface area contributed by atoms with Gasteiger partial charge in [-0.05, 0) is 47.1 Å². The summed E-state index contributed by atoms with van der Waals surface area (Å²) in [5, 5.41) is 3.67. The first kappa shape index (κ1) is 13.2. The van der Waals surface area contributed by atoms with Gasteiger partial charge in [-0.3, -0.25) is 0 Å². The van der Waals surface area contributed by atoms with Crippen LogP contribution in [-0.2, 0) is 11.8 Å². The topological polar surface area (TPSA) is 12.0 Å². The zero-order valence-corrected chi connectivity index (χ0v) is 12.8. The predicted octanol–water partition coefficient (Wildman–Crippen LogP) is 5.00. The highest BCUT2D eigenvalue weighted by molar-refractivity contribution is 5.59. The highest BCUT2D eigenvalue weighted by Crippen LogP contribution is 2.36. The second-order valence-electron chi connectivity index (χ2n) is 6.88. The number of hydrogen-bond donors (Lipinski definition) is 1. The van der Waals surface area contributed by atoms with Crippen molar-refractivity contribution in [1.82, 2.24) is 0 Å². The van der Waals surface area contributed by atoms with E-state index >= 15 is 0 Å². The second-order valence-corrected chi connectivity index (χ2v) is 6.88. The Kier molecular flexibility index (Phi) is 3.08. The van der Waals surface area contributed by atoms with Crippen LogP contribution in [0.5, 0.6) is 0 Å². The van der Waals surface area contributed by atoms with Crippen LogP contribution in [0.3, 0.4) is 0 Å². The molecule has 1 unspecified atom stereocenters. The second kappa shape index (κ2) is 4.66. The molecule has 0 saturated carbocycles. The Labute approximate surface area is 122 Å². The molecule has 1 aliphatic heterocycles. The minimum Gasteiger partial charge on any atom is -0.378 e. The van der Waals surface area contributed by atoms with Crippen molar-refractivity contribution < 1.29 is 0 Å². The van der Waals surface area contributed by atoms with Gasteiger partial charge in [-0.2, -0.15) is 0 Å². The SMILES string of the molecule is Cc1ccc(C(C)(C)C)cc1C1Cc2ccccc2N1. The molecule has 2 aromatic rings. The zero-order chi connectivity index (χ0) is 14.3. The summed E-state index contributed by atoms with van der Waals surface area (Å²) in [6.45, 7) is 9.04. The highest BCUT2D eigenvalue weighted by atomic mass is 14.9. The molecule has 3 rings (SSSR count). The van der Waals surface area contributed by atoms with E-state index in [9.17, 15) is 0 Å². The lowest BCUT2D eigenvalue weighted by atomic mass is 9.84. The minimum absolute atomic E-state index is 0.202. The Bertz CT molecular complexity index is 609.